The van der Waals surface area contributed by atoms with Crippen LogP contribution in [0.2, 0.25) is 0 Å². The molecule has 3 fully saturated rings. The molecule has 0 radical (unpaired) electrons. The van der Waals surface area contributed by atoms with Crippen molar-refractivity contribution >= 4 is 21.7 Å². The number of hydrogen-bond acceptors (Lipinski definition) is 8. The molecule has 4 rings (SSSR count). The molecule has 4 heterocycles. The Kier molecular flexibility index (Phi) is 4.57. The average Bonchev–Trinajstić information content (AvgIpc) is 2.98. The van der Waals surface area contributed by atoms with Crippen LogP contribution < -0.4 is 4.90 Å². The summed E-state index contributed by atoms with van der Waals surface area (Å²) in [7, 11) is -1.20. The van der Waals surface area contributed by atoms with Crippen molar-refractivity contribution in [2.24, 2.45) is 0 Å². The molecule has 142 valence electrons. The standard InChI is InChI=1S/C16H23N5O4S/c1-19-2-3-21(14-11-26(23,24)10-13(14)19)15(22)12-8-17-16(18-9-12)20-4-6-25-7-5-20/h8-9,13-14H,2-7,10-11H2,1H3. The molecule has 0 saturated carbocycles. The first-order chi connectivity index (χ1) is 12.4. The number of fused-ring (bicyclic) bond motifs is 1. The van der Waals surface area contributed by atoms with Gasteiger partial charge in [0.2, 0.25) is 5.95 Å². The minimum atomic E-state index is -3.12. The molecule has 1 amide bonds. The van der Waals surface area contributed by atoms with Gasteiger partial charge in [-0.25, -0.2) is 18.4 Å². The Morgan fingerprint density at radius 1 is 1.08 bits per heavy atom. The Hall–Kier alpha value is -1.78. The summed E-state index contributed by atoms with van der Waals surface area (Å²) in [4.78, 5) is 27.4. The number of carbonyl (C=O) groups excluding carboxylic acids is 1. The third-order valence-electron chi connectivity index (χ3n) is 5.39. The molecule has 0 spiro atoms. The van der Waals surface area contributed by atoms with Gasteiger partial charge in [0.25, 0.3) is 5.91 Å². The molecular weight excluding hydrogens is 358 g/mol. The minimum absolute atomic E-state index is 0.0282. The summed E-state index contributed by atoms with van der Waals surface area (Å²) in [5, 5.41) is 0. The zero-order valence-electron chi connectivity index (χ0n) is 14.7. The lowest BCUT2D eigenvalue weighted by Gasteiger charge is -2.42. The molecule has 0 bridgehead atoms. The molecule has 0 aliphatic carbocycles. The smallest absolute Gasteiger partial charge is 0.257 e. The molecule has 3 aliphatic rings. The van der Waals surface area contributed by atoms with Crippen molar-refractivity contribution in [2.75, 3.05) is 62.8 Å². The van der Waals surface area contributed by atoms with Crippen LogP contribution in [0.25, 0.3) is 0 Å². The quantitative estimate of drug-likeness (QED) is 0.635. The lowest BCUT2D eigenvalue weighted by Crippen LogP contribution is -2.59. The highest BCUT2D eigenvalue weighted by molar-refractivity contribution is 7.91. The highest BCUT2D eigenvalue weighted by atomic mass is 32.2. The Bertz CT molecular complexity index is 778. The Morgan fingerprint density at radius 3 is 2.42 bits per heavy atom. The van der Waals surface area contributed by atoms with Gasteiger partial charge >= 0.3 is 0 Å². The van der Waals surface area contributed by atoms with Crippen LogP contribution in [0.3, 0.4) is 0 Å². The van der Waals surface area contributed by atoms with Gasteiger partial charge in [-0.1, -0.05) is 0 Å². The number of piperazine rings is 1. The maximum Gasteiger partial charge on any atom is 0.257 e. The fourth-order valence-corrected chi connectivity index (χ4v) is 5.96. The van der Waals surface area contributed by atoms with Gasteiger partial charge in [0, 0.05) is 44.6 Å². The minimum Gasteiger partial charge on any atom is -0.378 e. The highest BCUT2D eigenvalue weighted by Crippen LogP contribution is 2.27. The van der Waals surface area contributed by atoms with Crippen molar-refractivity contribution in [2.45, 2.75) is 12.1 Å². The Balaban J connectivity index is 1.51. The highest BCUT2D eigenvalue weighted by Gasteiger charge is 2.47. The van der Waals surface area contributed by atoms with E-state index in [2.05, 4.69) is 9.97 Å². The van der Waals surface area contributed by atoms with Gasteiger partial charge in [-0.3, -0.25) is 9.69 Å². The number of carbonyl (C=O) groups is 1. The normalized spacial score (nSPS) is 28.8. The summed E-state index contributed by atoms with van der Waals surface area (Å²) in [5.41, 5.74) is 0.398. The van der Waals surface area contributed by atoms with Crippen molar-refractivity contribution in [1.82, 2.24) is 19.8 Å². The molecule has 0 N–H and O–H groups in total. The molecule has 1 aromatic rings. The lowest BCUT2D eigenvalue weighted by molar-refractivity contribution is 0.0409. The maximum atomic E-state index is 12.9. The van der Waals surface area contributed by atoms with Crippen LogP contribution in [-0.4, -0.2) is 104 Å². The van der Waals surface area contributed by atoms with Crippen molar-refractivity contribution in [1.29, 1.82) is 0 Å². The van der Waals surface area contributed by atoms with E-state index < -0.39 is 9.84 Å². The number of anilines is 1. The largest absolute Gasteiger partial charge is 0.378 e. The third-order valence-corrected chi connectivity index (χ3v) is 7.09. The van der Waals surface area contributed by atoms with Crippen LogP contribution in [0.15, 0.2) is 12.4 Å². The van der Waals surface area contributed by atoms with Crippen LogP contribution in [0.1, 0.15) is 10.4 Å². The van der Waals surface area contributed by atoms with Gasteiger partial charge in [-0.05, 0) is 7.05 Å². The predicted octanol–water partition coefficient (Wildman–Crippen LogP) is -1.13. The van der Waals surface area contributed by atoms with Crippen molar-refractivity contribution in [3.05, 3.63) is 18.0 Å². The third kappa shape index (κ3) is 3.28. The molecule has 3 aliphatic heterocycles. The van der Waals surface area contributed by atoms with Gasteiger partial charge < -0.3 is 14.5 Å². The molecular formula is C16H23N5O4S. The number of aromatic nitrogens is 2. The average molecular weight is 381 g/mol. The second kappa shape index (κ2) is 6.75. The Morgan fingerprint density at radius 2 is 1.73 bits per heavy atom. The summed E-state index contributed by atoms with van der Waals surface area (Å²) < 4.78 is 29.4. The first kappa shape index (κ1) is 17.6. The topological polar surface area (TPSA) is 95.9 Å². The van der Waals surface area contributed by atoms with Gasteiger partial charge in [-0.2, -0.15) is 0 Å². The molecule has 3 saturated heterocycles. The first-order valence-electron chi connectivity index (χ1n) is 8.81. The van der Waals surface area contributed by atoms with Crippen molar-refractivity contribution in [3.8, 4) is 0 Å². The van der Waals surface area contributed by atoms with E-state index in [1.165, 1.54) is 12.4 Å². The summed E-state index contributed by atoms with van der Waals surface area (Å²) in [6.45, 7) is 3.92. The van der Waals surface area contributed by atoms with E-state index >= 15 is 0 Å². The molecule has 2 unspecified atom stereocenters. The zero-order chi connectivity index (χ0) is 18.3. The first-order valence-corrected chi connectivity index (χ1v) is 10.6. The number of ether oxygens (including phenoxy) is 1. The number of nitrogens with zero attached hydrogens (tertiary/aromatic N) is 5. The Labute approximate surface area is 152 Å². The van der Waals surface area contributed by atoms with Crippen LogP contribution in [0.5, 0.6) is 0 Å². The van der Waals surface area contributed by atoms with Crippen LogP contribution in [0, 0.1) is 0 Å². The number of amides is 1. The number of morpholine rings is 1. The van der Waals surface area contributed by atoms with E-state index in [0.29, 0.717) is 37.8 Å². The van der Waals surface area contributed by atoms with E-state index in [-0.39, 0.29) is 29.5 Å². The van der Waals surface area contributed by atoms with Crippen LogP contribution >= 0.6 is 0 Å². The van der Waals surface area contributed by atoms with Gasteiger partial charge in [0.05, 0.1) is 36.3 Å². The summed E-state index contributed by atoms with van der Waals surface area (Å²) >= 11 is 0. The molecule has 26 heavy (non-hydrogen) atoms. The van der Waals surface area contributed by atoms with E-state index in [9.17, 15) is 13.2 Å². The van der Waals surface area contributed by atoms with Crippen molar-refractivity contribution < 1.29 is 17.9 Å². The number of hydrogen-bond donors (Lipinski definition) is 0. The molecule has 0 aromatic carbocycles. The van der Waals surface area contributed by atoms with Gasteiger partial charge in [0.1, 0.15) is 0 Å². The summed E-state index contributed by atoms with van der Waals surface area (Å²) in [6, 6.07) is -0.434. The number of likely N-dealkylation sites (N-methyl/N-ethyl adjacent to an activating group) is 1. The number of rotatable bonds is 2. The molecule has 1 aromatic heterocycles. The zero-order valence-corrected chi connectivity index (χ0v) is 15.6. The maximum absolute atomic E-state index is 12.9. The molecule has 9 nitrogen and oxygen atoms in total. The van der Waals surface area contributed by atoms with Gasteiger partial charge in [0.15, 0.2) is 9.84 Å². The van der Waals surface area contributed by atoms with E-state index in [0.717, 1.165) is 13.1 Å². The fraction of sp³-hybridized carbons (Fsp3) is 0.688. The summed E-state index contributed by atoms with van der Waals surface area (Å²) in [6.07, 6.45) is 3.08. The SMILES string of the molecule is CN1CCN(C(=O)c2cnc(N3CCOCC3)nc2)C2CS(=O)(=O)CC21. The van der Waals surface area contributed by atoms with Crippen LogP contribution in [-0.2, 0) is 14.6 Å². The molecule has 2 atom stereocenters. The second-order valence-corrected chi connectivity index (χ2v) is 9.22. The van der Waals surface area contributed by atoms with E-state index in [1.807, 2.05) is 16.8 Å². The monoisotopic (exact) mass is 381 g/mol. The fourth-order valence-electron chi connectivity index (χ4n) is 3.90. The van der Waals surface area contributed by atoms with Crippen LogP contribution in [0.4, 0.5) is 5.95 Å². The second-order valence-electron chi connectivity index (χ2n) is 7.06. The van der Waals surface area contributed by atoms with E-state index in [1.54, 1.807) is 4.90 Å². The predicted molar refractivity (Wildman–Crippen MR) is 95.0 cm³/mol. The lowest BCUT2D eigenvalue weighted by atomic mass is 10.0. The van der Waals surface area contributed by atoms with Crippen molar-refractivity contribution in [3.63, 3.8) is 0 Å². The summed E-state index contributed by atoms with van der Waals surface area (Å²) in [5.74, 6) is 0.536. The van der Waals surface area contributed by atoms with E-state index in [4.69, 9.17) is 4.74 Å². The molecule has 10 heteroatoms. The van der Waals surface area contributed by atoms with Gasteiger partial charge in [-0.15, -0.1) is 0 Å². The number of sulfone groups is 1.